The maximum absolute atomic E-state index is 13.2. The van der Waals surface area contributed by atoms with E-state index in [2.05, 4.69) is 15.2 Å². The van der Waals surface area contributed by atoms with Gasteiger partial charge in [-0.2, -0.15) is 14.8 Å². The number of benzene rings is 3. The van der Waals surface area contributed by atoms with Gasteiger partial charge in [-0.1, -0.05) is 23.4 Å². The molecule has 0 aliphatic carbocycles. The molecule has 0 spiro atoms. The predicted octanol–water partition coefficient (Wildman–Crippen LogP) is 4.51. The van der Waals surface area contributed by atoms with Crippen LogP contribution < -0.4 is 15.0 Å². The molecule has 164 valence electrons. The summed E-state index contributed by atoms with van der Waals surface area (Å²) in [6.07, 6.45) is 0. The Morgan fingerprint density at radius 3 is 2.30 bits per heavy atom. The van der Waals surface area contributed by atoms with Crippen LogP contribution in [0.1, 0.15) is 6.92 Å². The van der Waals surface area contributed by atoms with Gasteiger partial charge in [0.2, 0.25) is 5.82 Å². The Labute approximate surface area is 189 Å². The SMILES string of the molecule is CCOc1ccc(-n2nc(-c3nc(-c4ccc(OC)cc4)no3)c3ccccc3c2=O)cc1. The molecule has 2 aromatic heterocycles. The first-order valence-electron chi connectivity index (χ1n) is 10.4. The second kappa shape index (κ2) is 8.58. The molecule has 5 rings (SSSR count). The van der Waals surface area contributed by atoms with Crippen LogP contribution in [0.2, 0.25) is 0 Å². The van der Waals surface area contributed by atoms with E-state index in [1.807, 2.05) is 49.4 Å². The Bertz CT molecular complexity index is 1470. The first-order chi connectivity index (χ1) is 16.2. The molecule has 2 heterocycles. The number of rotatable bonds is 6. The van der Waals surface area contributed by atoms with E-state index in [4.69, 9.17) is 14.0 Å². The smallest absolute Gasteiger partial charge is 0.279 e. The van der Waals surface area contributed by atoms with Crippen LogP contribution >= 0.6 is 0 Å². The normalized spacial score (nSPS) is 11.0. The number of hydrogen-bond donors (Lipinski definition) is 0. The highest BCUT2D eigenvalue weighted by Crippen LogP contribution is 2.27. The Morgan fingerprint density at radius 2 is 1.61 bits per heavy atom. The van der Waals surface area contributed by atoms with Gasteiger partial charge < -0.3 is 14.0 Å². The summed E-state index contributed by atoms with van der Waals surface area (Å²) in [6, 6.07) is 21.8. The van der Waals surface area contributed by atoms with E-state index in [1.165, 1.54) is 4.68 Å². The van der Waals surface area contributed by atoms with E-state index in [9.17, 15) is 4.79 Å². The third-order valence-corrected chi connectivity index (χ3v) is 5.17. The number of ether oxygens (including phenoxy) is 2. The zero-order valence-electron chi connectivity index (χ0n) is 18.1. The van der Waals surface area contributed by atoms with Crippen LogP contribution in [-0.2, 0) is 0 Å². The van der Waals surface area contributed by atoms with Crippen LogP contribution in [0.3, 0.4) is 0 Å². The summed E-state index contributed by atoms with van der Waals surface area (Å²) < 4.78 is 17.6. The average Bonchev–Trinajstić information content (AvgIpc) is 3.35. The molecular formula is C25H20N4O4. The first-order valence-corrected chi connectivity index (χ1v) is 10.4. The third-order valence-electron chi connectivity index (χ3n) is 5.17. The molecule has 8 nitrogen and oxygen atoms in total. The summed E-state index contributed by atoms with van der Waals surface area (Å²) in [4.78, 5) is 17.7. The summed E-state index contributed by atoms with van der Waals surface area (Å²) in [5.41, 5.74) is 1.56. The largest absolute Gasteiger partial charge is 0.497 e. The topological polar surface area (TPSA) is 92.3 Å². The molecule has 0 amide bonds. The molecule has 0 saturated heterocycles. The van der Waals surface area contributed by atoms with Crippen molar-refractivity contribution in [3.05, 3.63) is 83.2 Å². The van der Waals surface area contributed by atoms with Crippen molar-refractivity contribution < 1.29 is 14.0 Å². The van der Waals surface area contributed by atoms with Gasteiger partial charge in [0, 0.05) is 10.9 Å². The maximum Gasteiger partial charge on any atom is 0.279 e. The van der Waals surface area contributed by atoms with Gasteiger partial charge in [-0.15, -0.1) is 0 Å². The van der Waals surface area contributed by atoms with E-state index in [-0.39, 0.29) is 11.4 Å². The van der Waals surface area contributed by atoms with E-state index in [0.29, 0.717) is 34.6 Å². The molecule has 33 heavy (non-hydrogen) atoms. The van der Waals surface area contributed by atoms with Gasteiger partial charge in [0.1, 0.15) is 11.5 Å². The van der Waals surface area contributed by atoms with Crippen molar-refractivity contribution in [1.82, 2.24) is 19.9 Å². The van der Waals surface area contributed by atoms with Crippen molar-refractivity contribution in [3.8, 4) is 40.2 Å². The molecule has 0 aliphatic rings. The van der Waals surface area contributed by atoms with Gasteiger partial charge in [0.05, 0.1) is 24.8 Å². The second-order valence-electron chi connectivity index (χ2n) is 7.19. The fourth-order valence-electron chi connectivity index (χ4n) is 3.55. The molecule has 5 aromatic rings. The number of hydrogen-bond acceptors (Lipinski definition) is 7. The lowest BCUT2D eigenvalue weighted by Gasteiger charge is -2.10. The summed E-state index contributed by atoms with van der Waals surface area (Å²) >= 11 is 0. The van der Waals surface area contributed by atoms with E-state index >= 15 is 0 Å². The zero-order chi connectivity index (χ0) is 22.8. The Kier molecular flexibility index (Phi) is 5.32. The van der Waals surface area contributed by atoms with Crippen LogP contribution in [0.4, 0.5) is 0 Å². The van der Waals surface area contributed by atoms with Gasteiger partial charge in [0.15, 0.2) is 5.69 Å². The van der Waals surface area contributed by atoms with Gasteiger partial charge in [0.25, 0.3) is 11.4 Å². The van der Waals surface area contributed by atoms with Gasteiger partial charge in [-0.25, -0.2) is 0 Å². The zero-order valence-corrected chi connectivity index (χ0v) is 18.1. The highest BCUT2D eigenvalue weighted by molar-refractivity contribution is 5.92. The molecule has 0 unspecified atom stereocenters. The second-order valence-corrected chi connectivity index (χ2v) is 7.19. The fourth-order valence-corrected chi connectivity index (χ4v) is 3.55. The lowest BCUT2D eigenvalue weighted by atomic mass is 10.1. The molecule has 0 radical (unpaired) electrons. The molecular weight excluding hydrogens is 420 g/mol. The number of fused-ring (bicyclic) bond motifs is 1. The van der Waals surface area contributed by atoms with Crippen LogP contribution in [0.25, 0.3) is 39.4 Å². The minimum Gasteiger partial charge on any atom is -0.497 e. The summed E-state index contributed by atoms with van der Waals surface area (Å²) in [6.45, 7) is 2.48. The number of nitrogens with zero attached hydrogens (tertiary/aromatic N) is 4. The molecule has 0 N–H and O–H groups in total. The van der Waals surface area contributed by atoms with Crippen LogP contribution in [0, 0.1) is 0 Å². The van der Waals surface area contributed by atoms with Gasteiger partial charge in [-0.3, -0.25) is 4.79 Å². The summed E-state index contributed by atoms with van der Waals surface area (Å²) in [5.74, 6) is 2.09. The molecule has 8 heteroatoms. The van der Waals surface area contributed by atoms with Gasteiger partial charge in [-0.05, 0) is 61.5 Å². The lowest BCUT2D eigenvalue weighted by Crippen LogP contribution is -2.22. The summed E-state index contributed by atoms with van der Waals surface area (Å²) in [7, 11) is 1.61. The van der Waals surface area contributed by atoms with Crippen molar-refractivity contribution in [2.24, 2.45) is 0 Å². The summed E-state index contributed by atoms with van der Waals surface area (Å²) in [5, 5.41) is 9.84. The molecule has 0 fully saturated rings. The number of methoxy groups -OCH3 is 1. The van der Waals surface area contributed by atoms with Crippen molar-refractivity contribution in [2.75, 3.05) is 13.7 Å². The fraction of sp³-hybridized carbons (Fsp3) is 0.120. The van der Waals surface area contributed by atoms with Gasteiger partial charge >= 0.3 is 0 Å². The van der Waals surface area contributed by atoms with Crippen molar-refractivity contribution in [2.45, 2.75) is 6.92 Å². The molecule has 3 aromatic carbocycles. The minimum atomic E-state index is -0.242. The van der Waals surface area contributed by atoms with Crippen molar-refractivity contribution >= 4 is 10.8 Å². The Balaban J connectivity index is 1.63. The van der Waals surface area contributed by atoms with Crippen molar-refractivity contribution in [1.29, 1.82) is 0 Å². The van der Waals surface area contributed by atoms with Crippen LogP contribution in [0.5, 0.6) is 11.5 Å². The van der Waals surface area contributed by atoms with Crippen LogP contribution in [-0.4, -0.2) is 33.6 Å². The lowest BCUT2D eigenvalue weighted by molar-refractivity contribution is 0.340. The molecule has 0 aliphatic heterocycles. The predicted molar refractivity (Wildman–Crippen MR) is 124 cm³/mol. The number of aromatic nitrogens is 4. The molecule has 0 atom stereocenters. The third kappa shape index (κ3) is 3.82. The monoisotopic (exact) mass is 440 g/mol. The maximum atomic E-state index is 13.2. The van der Waals surface area contributed by atoms with E-state index in [0.717, 1.165) is 17.1 Å². The van der Waals surface area contributed by atoms with Crippen molar-refractivity contribution in [3.63, 3.8) is 0 Å². The highest BCUT2D eigenvalue weighted by atomic mass is 16.5. The highest BCUT2D eigenvalue weighted by Gasteiger charge is 2.19. The molecule has 0 bridgehead atoms. The average molecular weight is 440 g/mol. The minimum absolute atomic E-state index is 0.219. The van der Waals surface area contributed by atoms with E-state index < -0.39 is 0 Å². The first kappa shape index (κ1) is 20.4. The van der Waals surface area contributed by atoms with Crippen LogP contribution in [0.15, 0.2) is 82.1 Å². The Morgan fingerprint density at radius 1 is 0.909 bits per heavy atom. The Hall–Kier alpha value is -4.46. The quantitative estimate of drug-likeness (QED) is 0.384. The van der Waals surface area contributed by atoms with E-state index in [1.54, 1.807) is 37.4 Å². The molecule has 0 saturated carbocycles. The standard InChI is InChI=1S/C25H20N4O4/c1-3-32-19-14-10-17(11-15-19)29-25(30)21-7-5-4-6-20(21)22(27-29)24-26-23(28-33-24)16-8-12-18(31-2)13-9-16/h4-15H,3H2,1-2H3.